The molecule has 2 N–H and O–H groups in total. The second-order valence-corrected chi connectivity index (χ2v) is 12.9. The lowest BCUT2D eigenvalue weighted by Gasteiger charge is -2.05. The summed E-state index contributed by atoms with van der Waals surface area (Å²) in [6.45, 7) is 17.2. The quantitative estimate of drug-likeness (QED) is 0.163. The molecule has 0 aliphatic rings. The first-order chi connectivity index (χ1) is 20.4. The number of aryl methyl sites for hydroxylation is 9. The van der Waals surface area contributed by atoms with Crippen molar-refractivity contribution in [2.24, 2.45) is 0 Å². The van der Waals surface area contributed by atoms with Crippen LogP contribution in [0.3, 0.4) is 0 Å². The van der Waals surface area contributed by atoms with Crippen molar-refractivity contribution in [2.45, 2.75) is 74.1 Å². The number of rotatable bonds is 3. The van der Waals surface area contributed by atoms with Crippen LogP contribution in [0.2, 0.25) is 0 Å². The lowest BCUT2D eigenvalue weighted by Crippen LogP contribution is -1.97. The van der Waals surface area contributed by atoms with Crippen LogP contribution >= 0.6 is 63.7 Å². The van der Waals surface area contributed by atoms with Crippen molar-refractivity contribution in [2.75, 3.05) is 5.73 Å². The number of hydrogen-bond acceptors (Lipinski definition) is 6. The second kappa shape index (κ2) is 18.7. The summed E-state index contributed by atoms with van der Waals surface area (Å²) in [5.41, 5.74) is 16.6. The number of nitrogens with two attached hydrogens (primary N) is 1. The number of aldehydes is 1. The van der Waals surface area contributed by atoms with E-state index in [9.17, 15) is 13.6 Å². The number of pyridine rings is 4. The number of carbonyl (C=O) groups excluding carboxylic acids is 1. The van der Waals surface area contributed by atoms with E-state index in [4.69, 9.17) is 5.73 Å². The Bertz CT molecular complexity index is 1510. The van der Waals surface area contributed by atoms with Crippen LogP contribution in [0, 0.1) is 62.3 Å². The molecule has 0 amide bonds. The van der Waals surface area contributed by atoms with Crippen molar-refractivity contribution in [3.63, 3.8) is 0 Å². The molecule has 4 rings (SSSR count). The Labute approximate surface area is 292 Å². The number of aromatic nitrogens is 4. The lowest BCUT2D eigenvalue weighted by molar-refractivity contribution is 0.111. The Morgan fingerprint density at radius 2 is 1.16 bits per heavy atom. The molecule has 0 aliphatic carbocycles. The first-order valence-corrected chi connectivity index (χ1v) is 16.8. The molecule has 12 heteroatoms. The highest BCUT2D eigenvalue weighted by Gasteiger charge is 2.11. The Hall–Kier alpha value is -2.15. The van der Waals surface area contributed by atoms with Crippen molar-refractivity contribution >= 4 is 75.7 Å². The molecule has 238 valence electrons. The molecule has 4 aromatic rings. The molecule has 4 aromatic heterocycles. The summed E-state index contributed by atoms with van der Waals surface area (Å²) in [5.74, 6) is 0. The molecule has 0 radical (unpaired) electrons. The number of alkyl halides is 3. The number of nitrogen functional groups attached to an aromatic ring is 1. The molecule has 6 nitrogen and oxygen atoms in total. The normalized spacial score (nSPS) is 10.2. The Morgan fingerprint density at radius 1 is 0.682 bits per heavy atom. The molecular formula is C32H37Br4F2N5O. The zero-order valence-corrected chi connectivity index (χ0v) is 32.6. The molecule has 0 spiro atoms. The fraction of sp³-hybridized carbons (Fsp3) is 0.344. The summed E-state index contributed by atoms with van der Waals surface area (Å²) >= 11 is 13.5. The summed E-state index contributed by atoms with van der Waals surface area (Å²) in [6, 6.07) is 7.21. The van der Waals surface area contributed by atoms with Gasteiger partial charge in [0.15, 0.2) is 6.29 Å². The molecule has 0 atom stereocenters. The van der Waals surface area contributed by atoms with Crippen LogP contribution in [0.4, 0.5) is 14.5 Å². The molecule has 0 aliphatic heterocycles. The van der Waals surface area contributed by atoms with E-state index in [1.807, 2.05) is 47.6 Å². The predicted molar refractivity (Wildman–Crippen MR) is 190 cm³/mol. The van der Waals surface area contributed by atoms with E-state index in [0.717, 1.165) is 75.9 Å². The number of halogens is 6. The minimum absolute atomic E-state index is 0.159. The molecule has 44 heavy (non-hydrogen) atoms. The van der Waals surface area contributed by atoms with E-state index in [1.165, 1.54) is 11.6 Å². The van der Waals surface area contributed by atoms with Crippen LogP contribution < -0.4 is 5.73 Å². The maximum absolute atomic E-state index is 12.2. The van der Waals surface area contributed by atoms with Gasteiger partial charge in [-0.05, 0) is 157 Å². The van der Waals surface area contributed by atoms with Gasteiger partial charge >= 0.3 is 0 Å². The van der Waals surface area contributed by atoms with Gasteiger partial charge in [-0.25, -0.2) is 13.8 Å². The monoisotopic (exact) mass is 861 g/mol. The fourth-order valence-corrected chi connectivity index (χ4v) is 4.76. The third-order valence-corrected chi connectivity index (χ3v) is 10.2. The summed E-state index contributed by atoms with van der Waals surface area (Å²) in [4.78, 5) is 26.7. The predicted octanol–water partition coefficient (Wildman–Crippen LogP) is 10.6. The highest BCUT2D eigenvalue weighted by molar-refractivity contribution is 9.11. The maximum atomic E-state index is 12.2. The summed E-state index contributed by atoms with van der Waals surface area (Å²) < 4.78 is 27.2. The van der Waals surface area contributed by atoms with E-state index in [-0.39, 0.29) is 5.69 Å². The van der Waals surface area contributed by atoms with E-state index in [0.29, 0.717) is 11.4 Å². The molecule has 0 saturated heterocycles. The number of carbonyl (C=O) groups is 1. The third-order valence-electron chi connectivity index (χ3n) is 6.07. The van der Waals surface area contributed by atoms with Crippen LogP contribution in [-0.4, -0.2) is 26.2 Å². The maximum Gasteiger partial charge on any atom is 0.280 e. The molecule has 0 bridgehead atoms. The third kappa shape index (κ3) is 12.3. The zero-order valence-electron chi connectivity index (χ0n) is 26.2. The lowest BCUT2D eigenvalue weighted by atomic mass is 10.2. The number of anilines is 1. The van der Waals surface area contributed by atoms with Gasteiger partial charge in [0.1, 0.15) is 11.4 Å². The van der Waals surface area contributed by atoms with E-state index >= 15 is 0 Å². The van der Waals surface area contributed by atoms with Gasteiger partial charge in [-0.3, -0.25) is 19.7 Å². The van der Waals surface area contributed by atoms with Crippen molar-refractivity contribution in [1.29, 1.82) is 0 Å². The van der Waals surface area contributed by atoms with Crippen molar-refractivity contribution < 1.29 is 13.6 Å². The van der Waals surface area contributed by atoms with E-state index < -0.39 is 6.43 Å². The van der Waals surface area contributed by atoms with Crippen LogP contribution in [0.1, 0.15) is 79.0 Å². The minimum Gasteiger partial charge on any atom is -0.397 e. The van der Waals surface area contributed by atoms with Crippen LogP contribution in [0.15, 0.2) is 37.7 Å². The van der Waals surface area contributed by atoms with Crippen LogP contribution in [0.25, 0.3) is 0 Å². The fourth-order valence-electron chi connectivity index (χ4n) is 3.86. The van der Waals surface area contributed by atoms with Crippen LogP contribution in [-0.2, 0) is 5.33 Å². The highest BCUT2D eigenvalue weighted by Crippen LogP contribution is 2.25. The molecule has 0 aromatic carbocycles. The van der Waals surface area contributed by atoms with Gasteiger partial charge in [-0.2, -0.15) is 0 Å². The van der Waals surface area contributed by atoms with Gasteiger partial charge < -0.3 is 5.73 Å². The average molecular weight is 865 g/mol. The van der Waals surface area contributed by atoms with Gasteiger partial charge in [-0.15, -0.1) is 0 Å². The molecule has 0 fully saturated rings. The largest absolute Gasteiger partial charge is 0.397 e. The van der Waals surface area contributed by atoms with Crippen LogP contribution in [0.5, 0.6) is 0 Å². The molecular weight excluding hydrogens is 828 g/mol. The Balaban J connectivity index is 0.000000294. The van der Waals surface area contributed by atoms with Gasteiger partial charge in [0.2, 0.25) is 0 Å². The zero-order chi connectivity index (χ0) is 33.9. The van der Waals surface area contributed by atoms with Gasteiger partial charge in [-0.1, -0.05) is 15.9 Å². The number of nitrogens with zero attached hydrogens (tertiary/aromatic N) is 4. The molecule has 0 unspecified atom stereocenters. The smallest absolute Gasteiger partial charge is 0.280 e. The standard InChI is InChI=1S/C8H9Br2N.C8H8BrF2N.C8H8BrNO.C8H12N2/c1-5-3-7(4-9)11-6(2)8(5)10;1-4-3-6(8(10)11)12-5(2)7(4)9;1-5-3-7(4-11)10-6(2)8(5)9;1-5-4-6(2)10-7(3)8(5)9/h3H,4H2,1-2H3;3,8H,1-2H3;3-4H,1-2H3;4H,9H2,1-3H3. The first kappa shape index (κ1) is 39.9. The molecule has 4 heterocycles. The van der Waals surface area contributed by atoms with Gasteiger partial charge in [0.25, 0.3) is 6.43 Å². The van der Waals surface area contributed by atoms with Gasteiger partial charge in [0, 0.05) is 24.4 Å². The van der Waals surface area contributed by atoms with Gasteiger partial charge in [0.05, 0.1) is 34.2 Å². The minimum atomic E-state index is -2.49. The number of hydrogen-bond donors (Lipinski definition) is 1. The summed E-state index contributed by atoms with van der Waals surface area (Å²) in [7, 11) is 0. The second-order valence-electron chi connectivity index (χ2n) is 9.99. The SMILES string of the molecule is Cc1cc(C(F)F)nc(C)c1Br.Cc1cc(C)c(N)c(C)n1.Cc1cc(C=O)nc(C)c1Br.Cc1cc(CBr)nc(C)c1Br. The first-order valence-electron chi connectivity index (χ1n) is 13.3. The Kier molecular flexibility index (Phi) is 17.0. The van der Waals surface area contributed by atoms with Crippen molar-refractivity contribution in [3.8, 4) is 0 Å². The topological polar surface area (TPSA) is 94.7 Å². The van der Waals surface area contributed by atoms with E-state index in [2.05, 4.69) is 96.6 Å². The highest BCUT2D eigenvalue weighted by atomic mass is 79.9. The van der Waals surface area contributed by atoms with E-state index in [1.54, 1.807) is 19.9 Å². The van der Waals surface area contributed by atoms with Crippen molar-refractivity contribution in [1.82, 2.24) is 19.9 Å². The van der Waals surface area contributed by atoms with Crippen molar-refractivity contribution in [3.05, 3.63) is 105 Å². The summed E-state index contributed by atoms with van der Waals surface area (Å²) in [5, 5.41) is 0.821. The Morgan fingerprint density at radius 3 is 1.57 bits per heavy atom. The summed E-state index contributed by atoms with van der Waals surface area (Å²) in [6.07, 6.45) is -1.73. The average Bonchev–Trinajstić information content (AvgIpc) is 2.96. The molecule has 0 saturated carbocycles.